The van der Waals surface area contributed by atoms with Crippen LogP contribution in [0.15, 0.2) is 42.5 Å². The standard InChI is InChI=1S/C18H17N3O4/c1-12-4-2-3-5-15(12)19-17(22)11-20-16-8-7-14(21(24)25)10-13(16)6-9-18(20)23/h2-5,7-8,10H,6,9,11H2,1H3,(H,19,22). The Bertz CT molecular complexity index is 863. The molecule has 0 bridgehead atoms. The van der Waals surface area contributed by atoms with Crippen molar-refractivity contribution in [1.82, 2.24) is 0 Å². The highest BCUT2D eigenvalue weighted by atomic mass is 16.6. The number of carbonyl (C=O) groups excluding carboxylic acids is 2. The minimum atomic E-state index is -0.466. The number of aryl methyl sites for hydroxylation is 2. The maximum atomic E-state index is 12.4. The van der Waals surface area contributed by atoms with Crippen LogP contribution in [0.5, 0.6) is 0 Å². The first-order chi connectivity index (χ1) is 12.0. The maximum Gasteiger partial charge on any atom is 0.269 e. The lowest BCUT2D eigenvalue weighted by Crippen LogP contribution is -2.41. The van der Waals surface area contributed by atoms with Crippen molar-refractivity contribution in [2.45, 2.75) is 19.8 Å². The van der Waals surface area contributed by atoms with Gasteiger partial charge in [0.1, 0.15) is 6.54 Å². The van der Waals surface area contributed by atoms with Crippen LogP contribution in [0.25, 0.3) is 0 Å². The molecule has 1 aliphatic heterocycles. The summed E-state index contributed by atoms with van der Waals surface area (Å²) >= 11 is 0. The van der Waals surface area contributed by atoms with Gasteiger partial charge in [-0.25, -0.2) is 0 Å². The number of nitrogens with zero attached hydrogens (tertiary/aromatic N) is 2. The molecule has 0 aromatic heterocycles. The van der Waals surface area contributed by atoms with Gasteiger partial charge in [-0.3, -0.25) is 19.7 Å². The summed E-state index contributed by atoms with van der Waals surface area (Å²) in [5.41, 5.74) is 2.87. The second-order valence-electron chi connectivity index (χ2n) is 5.91. The third-order valence-corrected chi connectivity index (χ3v) is 4.19. The number of benzene rings is 2. The topological polar surface area (TPSA) is 92.6 Å². The van der Waals surface area contributed by atoms with Gasteiger partial charge in [-0.2, -0.15) is 0 Å². The second kappa shape index (κ2) is 6.72. The number of hydrogen-bond donors (Lipinski definition) is 1. The maximum absolute atomic E-state index is 12.4. The Morgan fingerprint density at radius 3 is 2.72 bits per heavy atom. The van der Waals surface area contributed by atoms with Gasteiger partial charge in [0, 0.05) is 29.9 Å². The van der Waals surface area contributed by atoms with Crippen LogP contribution in [0.4, 0.5) is 17.1 Å². The quantitative estimate of drug-likeness (QED) is 0.685. The fourth-order valence-electron chi connectivity index (χ4n) is 2.88. The smallest absolute Gasteiger partial charge is 0.269 e. The minimum absolute atomic E-state index is 0.0163. The molecule has 2 aromatic rings. The predicted octanol–water partition coefficient (Wildman–Crippen LogP) is 2.82. The van der Waals surface area contributed by atoms with Crippen molar-refractivity contribution in [3.8, 4) is 0 Å². The number of anilines is 2. The van der Waals surface area contributed by atoms with Crippen LogP contribution in [0.1, 0.15) is 17.5 Å². The van der Waals surface area contributed by atoms with Gasteiger partial charge >= 0.3 is 0 Å². The Balaban J connectivity index is 1.81. The van der Waals surface area contributed by atoms with E-state index in [4.69, 9.17) is 0 Å². The molecule has 0 fully saturated rings. The van der Waals surface area contributed by atoms with Gasteiger partial charge in [-0.1, -0.05) is 18.2 Å². The van der Waals surface area contributed by atoms with Crippen LogP contribution in [0.3, 0.4) is 0 Å². The summed E-state index contributed by atoms with van der Waals surface area (Å²) in [4.78, 5) is 36.4. The van der Waals surface area contributed by atoms with Crippen LogP contribution in [0.2, 0.25) is 0 Å². The zero-order chi connectivity index (χ0) is 18.0. The van der Waals surface area contributed by atoms with E-state index in [0.717, 1.165) is 5.56 Å². The van der Waals surface area contributed by atoms with E-state index < -0.39 is 4.92 Å². The first-order valence-electron chi connectivity index (χ1n) is 7.89. The third-order valence-electron chi connectivity index (χ3n) is 4.19. The van der Waals surface area contributed by atoms with E-state index in [1.807, 2.05) is 25.1 Å². The van der Waals surface area contributed by atoms with Crippen molar-refractivity contribution in [1.29, 1.82) is 0 Å². The number of nitrogens with one attached hydrogen (secondary N) is 1. The molecular weight excluding hydrogens is 322 g/mol. The van der Waals surface area contributed by atoms with Gasteiger partial charge in [-0.15, -0.1) is 0 Å². The first kappa shape index (κ1) is 16.6. The number of para-hydroxylation sites is 1. The Morgan fingerprint density at radius 1 is 1.24 bits per heavy atom. The van der Waals surface area contributed by atoms with Crippen molar-refractivity contribution >= 4 is 28.9 Å². The summed E-state index contributed by atoms with van der Waals surface area (Å²) < 4.78 is 0. The fourth-order valence-corrected chi connectivity index (χ4v) is 2.88. The lowest BCUT2D eigenvalue weighted by molar-refractivity contribution is -0.384. The molecule has 0 aliphatic carbocycles. The van der Waals surface area contributed by atoms with Crippen molar-refractivity contribution in [3.63, 3.8) is 0 Å². The summed E-state index contributed by atoms with van der Waals surface area (Å²) in [6.45, 7) is 1.76. The lowest BCUT2D eigenvalue weighted by atomic mass is 10.0. The molecule has 2 aromatic carbocycles. The van der Waals surface area contributed by atoms with Gasteiger partial charge < -0.3 is 10.2 Å². The summed E-state index contributed by atoms with van der Waals surface area (Å²) in [7, 11) is 0. The van der Waals surface area contributed by atoms with Gasteiger partial charge in [0.05, 0.1) is 4.92 Å². The summed E-state index contributed by atoms with van der Waals surface area (Å²) in [6.07, 6.45) is 0.664. The van der Waals surface area contributed by atoms with Crippen molar-refractivity contribution in [3.05, 3.63) is 63.7 Å². The predicted molar refractivity (Wildman–Crippen MR) is 93.6 cm³/mol. The third kappa shape index (κ3) is 3.50. The molecule has 128 valence electrons. The van der Waals surface area contributed by atoms with Crippen molar-refractivity contribution in [2.75, 3.05) is 16.8 Å². The highest BCUT2D eigenvalue weighted by molar-refractivity contribution is 6.04. The zero-order valence-corrected chi connectivity index (χ0v) is 13.7. The Morgan fingerprint density at radius 2 is 2.00 bits per heavy atom. The Kier molecular flexibility index (Phi) is 4.47. The van der Waals surface area contributed by atoms with Crippen molar-refractivity contribution < 1.29 is 14.5 Å². The molecule has 3 rings (SSSR count). The zero-order valence-electron chi connectivity index (χ0n) is 13.7. The van der Waals surface area contributed by atoms with E-state index in [1.54, 1.807) is 6.07 Å². The van der Waals surface area contributed by atoms with Gasteiger partial charge in [0.2, 0.25) is 11.8 Å². The Labute approximate surface area is 144 Å². The number of nitro benzene ring substituents is 1. The van der Waals surface area contributed by atoms with Crippen LogP contribution in [0, 0.1) is 17.0 Å². The summed E-state index contributed by atoms with van der Waals surface area (Å²) in [5, 5.41) is 13.7. The first-order valence-corrected chi connectivity index (χ1v) is 7.89. The number of non-ortho nitro benzene ring substituents is 1. The number of rotatable bonds is 4. The molecule has 7 heteroatoms. The molecule has 0 saturated heterocycles. The largest absolute Gasteiger partial charge is 0.324 e. The molecule has 1 aliphatic rings. The van der Waals surface area contributed by atoms with E-state index in [2.05, 4.69) is 5.32 Å². The molecule has 0 radical (unpaired) electrons. The van der Waals surface area contributed by atoms with E-state index >= 15 is 0 Å². The number of nitro groups is 1. The van der Waals surface area contributed by atoms with Gasteiger partial charge in [0.25, 0.3) is 5.69 Å². The molecule has 0 spiro atoms. The average Bonchev–Trinajstić information content (AvgIpc) is 2.59. The normalized spacial score (nSPS) is 13.3. The SMILES string of the molecule is Cc1ccccc1NC(=O)CN1C(=O)CCc2cc([N+](=O)[O-])ccc21. The summed E-state index contributed by atoms with van der Waals surface area (Å²) in [5.74, 6) is -0.477. The van der Waals surface area contributed by atoms with Crippen LogP contribution in [-0.4, -0.2) is 23.3 Å². The molecule has 2 amide bonds. The highest BCUT2D eigenvalue weighted by Gasteiger charge is 2.27. The van der Waals surface area contributed by atoms with Crippen LogP contribution in [-0.2, 0) is 16.0 Å². The molecule has 0 unspecified atom stereocenters. The van der Waals surface area contributed by atoms with E-state index in [-0.39, 0.29) is 30.5 Å². The summed E-state index contributed by atoms with van der Waals surface area (Å²) in [6, 6.07) is 11.7. The molecule has 0 saturated carbocycles. The number of carbonyl (C=O) groups is 2. The number of fused-ring (bicyclic) bond motifs is 1. The highest BCUT2D eigenvalue weighted by Crippen LogP contribution is 2.31. The molecule has 1 heterocycles. The average molecular weight is 339 g/mol. The lowest BCUT2D eigenvalue weighted by Gasteiger charge is -2.28. The molecule has 7 nitrogen and oxygen atoms in total. The van der Waals surface area contributed by atoms with Gasteiger partial charge in [0.15, 0.2) is 0 Å². The number of hydrogen-bond acceptors (Lipinski definition) is 4. The van der Waals surface area contributed by atoms with E-state index in [9.17, 15) is 19.7 Å². The second-order valence-corrected chi connectivity index (χ2v) is 5.91. The molecule has 0 atom stereocenters. The van der Waals surface area contributed by atoms with Crippen LogP contribution < -0.4 is 10.2 Å². The fraction of sp³-hybridized carbons (Fsp3) is 0.222. The van der Waals surface area contributed by atoms with E-state index in [0.29, 0.717) is 23.4 Å². The van der Waals surface area contributed by atoms with E-state index in [1.165, 1.54) is 23.1 Å². The number of amides is 2. The Hall–Kier alpha value is -3.22. The molecular formula is C18H17N3O4. The monoisotopic (exact) mass is 339 g/mol. The molecule has 1 N–H and O–H groups in total. The van der Waals surface area contributed by atoms with Crippen molar-refractivity contribution in [2.24, 2.45) is 0 Å². The minimum Gasteiger partial charge on any atom is -0.324 e. The molecule has 25 heavy (non-hydrogen) atoms. The van der Waals surface area contributed by atoms with Gasteiger partial charge in [-0.05, 0) is 36.6 Å². The van der Waals surface area contributed by atoms with Crippen LogP contribution >= 0.6 is 0 Å².